The van der Waals surface area contributed by atoms with Gasteiger partial charge in [0.2, 0.25) is 5.91 Å². The van der Waals surface area contributed by atoms with Crippen LogP contribution in [-0.2, 0) is 17.9 Å². The topological polar surface area (TPSA) is 67.4 Å². The molecule has 1 aromatic heterocycles. The number of benzene rings is 2. The van der Waals surface area contributed by atoms with E-state index in [0.717, 1.165) is 16.9 Å². The van der Waals surface area contributed by atoms with Crippen LogP contribution in [-0.4, -0.2) is 18.4 Å². The lowest BCUT2D eigenvalue weighted by molar-refractivity contribution is -0.121. The van der Waals surface area contributed by atoms with Crippen LogP contribution in [0.2, 0.25) is 0 Å². The summed E-state index contributed by atoms with van der Waals surface area (Å²) in [5.74, 6) is 0.542. The Bertz CT molecular complexity index is 878. The molecule has 0 bridgehead atoms. The van der Waals surface area contributed by atoms with Crippen molar-refractivity contribution in [2.45, 2.75) is 19.6 Å². The quantitative estimate of drug-likeness (QED) is 0.581. The minimum absolute atomic E-state index is 0.101. The summed E-state index contributed by atoms with van der Waals surface area (Å²) in [6.45, 7) is 1.28. The average Bonchev–Trinajstić information content (AvgIpc) is 3.27. The molecule has 3 aromatic rings. The van der Waals surface area contributed by atoms with Crippen LogP contribution in [0.4, 0.5) is 0 Å². The molecule has 144 valence electrons. The van der Waals surface area contributed by atoms with E-state index in [9.17, 15) is 9.59 Å². The lowest BCUT2D eigenvalue weighted by Gasteiger charge is -2.09. The molecule has 28 heavy (non-hydrogen) atoms. The van der Waals surface area contributed by atoms with Crippen molar-refractivity contribution in [3.63, 3.8) is 0 Å². The Morgan fingerprint density at radius 1 is 0.857 bits per heavy atom. The number of carbonyl (C=O) groups excluding carboxylic acids is 2. The largest absolute Gasteiger partial charge is 0.489 e. The van der Waals surface area contributed by atoms with Crippen molar-refractivity contribution >= 4 is 23.2 Å². The van der Waals surface area contributed by atoms with Gasteiger partial charge in [0.15, 0.2) is 0 Å². The maximum Gasteiger partial charge on any atom is 0.261 e. The van der Waals surface area contributed by atoms with Crippen LogP contribution in [0.15, 0.2) is 72.1 Å². The van der Waals surface area contributed by atoms with Crippen molar-refractivity contribution in [2.24, 2.45) is 0 Å². The van der Waals surface area contributed by atoms with Gasteiger partial charge in [-0.05, 0) is 34.7 Å². The summed E-state index contributed by atoms with van der Waals surface area (Å²) < 4.78 is 5.75. The van der Waals surface area contributed by atoms with Gasteiger partial charge in [-0.1, -0.05) is 48.5 Å². The molecule has 6 heteroatoms. The summed E-state index contributed by atoms with van der Waals surface area (Å²) >= 11 is 1.38. The van der Waals surface area contributed by atoms with Crippen molar-refractivity contribution in [3.05, 3.63) is 88.1 Å². The van der Waals surface area contributed by atoms with Crippen LogP contribution in [0.25, 0.3) is 0 Å². The SMILES string of the molecule is O=C(CCNC(=O)c1cccs1)NCc1ccc(OCc2ccccc2)cc1. The third-order valence-corrected chi connectivity index (χ3v) is 4.91. The zero-order valence-corrected chi connectivity index (χ0v) is 16.2. The fourth-order valence-electron chi connectivity index (χ4n) is 2.52. The smallest absolute Gasteiger partial charge is 0.261 e. The average molecular weight is 394 g/mol. The van der Waals surface area contributed by atoms with E-state index in [4.69, 9.17) is 4.74 Å². The molecule has 0 fully saturated rings. The molecule has 2 amide bonds. The molecule has 3 rings (SSSR count). The Balaban J connectivity index is 1.35. The molecule has 0 radical (unpaired) electrons. The minimum atomic E-state index is -0.145. The molecule has 0 spiro atoms. The molecule has 0 saturated carbocycles. The van der Waals surface area contributed by atoms with E-state index < -0.39 is 0 Å². The van der Waals surface area contributed by atoms with Gasteiger partial charge in [-0.2, -0.15) is 0 Å². The lowest BCUT2D eigenvalue weighted by Crippen LogP contribution is -2.30. The zero-order chi connectivity index (χ0) is 19.6. The van der Waals surface area contributed by atoms with Crippen molar-refractivity contribution in [1.82, 2.24) is 10.6 Å². The summed E-state index contributed by atoms with van der Waals surface area (Å²) in [5.41, 5.74) is 2.10. The normalized spacial score (nSPS) is 10.3. The highest BCUT2D eigenvalue weighted by atomic mass is 32.1. The summed E-state index contributed by atoms with van der Waals surface area (Å²) in [5, 5.41) is 7.45. The second-order valence-corrected chi connectivity index (χ2v) is 7.13. The van der Waals surface area contributed by atoms with Crippen LogP contribution in [0.3, 0.4) is 0 Å². The summed E-state index contributed by atoms with van der Waals surface area (Å²) in [4.78, 5) is 24.4. The Hall–Kier alpha value is -3.12. The highest BCUT2D eigenvalue weighted by molar-refractivity contribution is 7.12. The third kappa shape index (κ3) is 6.25. The van der Waals surface area contributed by atoms with Crippen LogP contribution in [0, 0.1) is 0 Å². The Kier molecular flexibility index (Phi) is 7.21. The van der Waals surface area contributed by atoms with Gasteiger partial charge >= 0.3 is 0 Å². The molecule has 0 unspecified atom stereocenters. The molecular weight excluding hydrogens is 372 g/mol. The summed E-state index contributed by atoms with van der Waals surface area (Å²) in [7, 11) is 0. The fourth-order valence-corrected chi connectivity index (χ4v) is 3.16. The second-order valence-electron chi connectivity index (χ2n) is 6.18. The molecule has 5 nitrogen and oxygen atoms in total. The molecular formula is C22H22N2O3S. The number of ether oxygens (including phenoxy) is 1. The second kappa shape index (κ2) is 10.3. The number of thiophene rings is 1. The predicted octanol–water partition coefficient (Wildman–Crippen LogP) is 3.76. The predicted molar refractivity (Wildman–Crippen MR) is 110 cm³/mol. The number of nitrogens with one attached hydrogen (secondary N) is 2. The molecule has 0 atom stereocenters. The van der Waals surface area contributed by atoms with Gasteiger partial charge in [-0.25, -0.2) is 0 Å². The first kappa shape index (κ1) is 19.6. The van der Waals surface area contributed by atoms with E-state index in [-0.39, 0.29) is 18.2 Å². The fraction of sp³-hybridized carbons (Fsp3) is 0.182. The van der Waals surface area contributed by atoms with Crippen molar-refractivity contribution < 1.29 is 14.3 Å². The van der Waals surface area contributed by atoms with Crippen LogP contribution in [0.1, 0.15) is 27.2 Å². The molecule has 0 aliphatic heterocycles. The van der Waals surface area contributed by atoms with E-state index in [1.807, 2.05) is 66.0 Å². The first-order chi connectivity index (χ1) is 13.7. The Morgan fingerprint density at radius 3 is 2.36 bits per heavy atom. The molecule has 2 N–H and O–H groups in total. The molecule has 0 aliphatic rings. The zero-order valence-electron chi connectivity index (χ0n) is 15.4. The monoisotopic (exact) mass is 394 g/mol. The highest BCUT2D eigenvalue weighted by Gasteiger charge is 2.07. The maximum atomic E-state index is 11.9. The first-order valence-corrected chi connectivity index (χ1v) is 9.93. The maximum absolute atomic E-state index is 11.9. The van der Waals surface area contributed by atoms with Crippen LogP contribution < -0.4 is 15.4 Å². The van der Waals surface area contributed by atoms with Crippen molar-refractivity contribution in [1.29, 1.82) is 0 Å². The third-order valence-electron chi connectivity index (χ3n) is 4.04. The number of amides is 2. The van der Waals surface area contributed by atoms with E-state index in [1.165, 1.54) is 11.3 Å². The van der Waals surface area contributed by atoms with E-state index in [1.54, 1.807) is 6.07 Å². The number of hydrogen-bond acceptors (Lipinski definition) is 4. The van der Waals surface area contributed by atoms with E-state index >= 15 is 0 Å². The number of rotatable bonds is 9. The number of hydrogen-bond donors (Lipinski definition) is 2. The van der Waals surface area contributed by atoms with Crippen LogP contribution >= 0.6 is 11.3 Å². The standard InChI is InChI=1S/C22H22N2O3S/c25-21(12-13-23-22(26)20-7-4-14-28-20)24-15-17-8-10-19(11-9-17)27-16-18-5-2-1-3-6-18/h1-11,14H,12-13,15-16H2,(H,23,26)(H,24,25). The van der Waals surface area contributed by atoms with E-state index in [2.05, 4.69) is 10.6 Å². The lowest BCUT2D eigenvalue weighted by atomic mass is 10.2. The number of carbonyl (C=O) groups is 2. The van der Waals surface area contributed by atoms with Crippen LogP contribution in [0.5, 0.6) is 5.75 Å². The van der Waals surface area contributed by atoms with Gasteiger partial charge in [-0.15, -0.1) is 11.3 Å². The van der Waals surface area contributed by atoms with Gasteiger partial charge in [0, 0.05) is 19.5 Å². The summed E-state index contributed by atoms with van der Waals surface area (Å²) in [6.07, 6.45) is 0.245. The minimum Gasteiger partial charge on any atom is -0.489 e. The first-order valence-electron chi connectivity index (χ1n) is 9.05. The van der Waals surface area contributed by atoms with Crippen molar-refractivity contribution in [3.8, 4) is 5.75 Å². The van der Waals surface area contributed by atoms with Gasteiger partial charge in [0.05, 0.1) is 4.88 Å². The Morgan fingerprint density at radius 2 is 1.64 bits per heavy atom. The molecule has 1 heterocycles. The van der Waals surface area contributed by atoms with Gasteiger partial charge in [-0.3, -0.25) is 9.59 Å². The van der Waals surface area contributed by atoms with Gasteiger partial charge < -0.3 is 15.4 Å². The van der Waals surface area contributed by atoms with Gasteiger partial charge in [0.1, 0.15) is 12.4 Å². The molecule has 0 aliphatic carbocycles. The van der Waals surface area contributed by atoms with Crippen molar-refractivity contribution in [2.75, 3.05) is 6.54 Å². The summed E-state index contributed by atoms with van der Waals surface area (Å²) in [6, 6.07) is 21.2. The molecule has 0 saturated heterocycles. The highest BCUT2D eigenvalue weighted by Crippen LogP contribution is 2.14. The molecule has 2 aromatic carbocycles. The van der Waals surface area contributed by atoms with Gasteiger partial charge in [0.25, 0.3) is 5.91 Å². The van der Waals surface area contributed by atoms with E-state index in [0.29, 0.717) is 24.6 Å². The Labute approximate surface area is 168 Å².